The second-order valence-corrected chi connectivity index (χ2v) is 5.42. The van der Waals surface area contributed by atoms with Crippen LogP contribution >= 0.6 is 22.9 Å². The Morgan fingerprint density at radius 2 is 2.28 bits per heavy atom. The Bertz CT molecular complexity index is 478. The van der Waals surface area contributed by atoms with Crippen molar-refractivity contribution in [1.82, 2.24) is 14.5 Å². The fourth-order valence-electron chi connectivity index (χ4n) is 1.94. The minimum Gasteiger partial charge on any atom is -0.335 e. The van der Waals surface area contributed by atoms with E-state index in [9.17, 15) is 0 Å². The van der Waals surface area contributed by atoms with Crippen LogP contribution in [0.4, 0.5) is 0 Å². The van der Waals surface area contributed by atoms with E-state index in [-0.39, 0.29) is 0 Å². The molecule has 0 aliphatic heterocycles. The molecule has 2 aromatic rings. The summed E-state index contributed by atoms with van der Waals surface area (Å²) in [6.45, 7) is 3.19. The maximum Gasteiger partial charge on any atom is 0.108 e. The third-order valence-corrected chi connectivity index (χ3v) is 4.13. The summed E-state index contributed by atoms with van der Waals surface area (Å²) in [4.78, 5) is 8.79. The highest BCUT2D eigenvalue weighted by molar-refractivity contribution is 7.09. The van der Waals surface area contributed by atoms with Gasteiger partial charge in [-0.3, -0.25) is 0 Å². The predicted molar refractivity (Wildman–Crippen MR) is 76.2 cm³/mol. The molecular weight excluding hydrogens is 266 g/mol. The number of nitrogens with zero attached hydrogens (tertiary/aromatic N) is 3. The van der Waals surface area contributed by atoms with Crippen LogP contribution in [-0.2, 0) is 25.3 Å². The first-order chi connectivity index (χ1) is 8.83. The van der Waals surface area contributed by atoms with Crippen molar-refractivity contribution < 1.29 is 0 Å². The van der Waals surface area contributed by atoms with Gasteiger partial charge in [0.25, 0.3) is 0 Å². The molecule has 0 aliphatic carbocycles. The Morgan fingerprint density at radius 1 is 1.39 bits per heavy atom. The van der Waals surface area contributed by atoms with E-state index >= 15 is 0 Å². The van der Waals surface area contributed by atoms with Crippen LogP contribution in [0.1, 0.15) is 36.3 Å². The van der Waals surface area contributed by atoms with Gasteiger partial charge in [0.05, 0.1) is 16.6 Å². The summed E-state index contributed by atoms with van der Waals surface area (Å²) in [7, 11) is 0. The number of thiazole rings is 1. The molecule has 2 heterocycles. The number of aryl methyl sites for hydroxylation is 3. The van der Waals surface area contributed by atoms with Crippen LogP contribution < -0.4 is 0 Å². The highest BCUT2D eigenvalue weighted by Crippen LogP contribution is 2.14. The zero-order valence-corrected chi connectivity index (χ0v) is 12.2. The van der Waals surface area contributed by atoms with Crippen molar-refractivity contribution in [1.29, 1.82) is 0 Å². The summed E-state index contributed by atoms with van der Waals surface area (Å²) < 4.78 is 2.24. The summed E-state index contributed by atoms with van der Waals surface area (Å²) in [5, 5.41) is 3.25. The molecule has 0 spiro atoms. The number of halogens is 1. The lowest BCUT2D eigenvalue weighted by Gasteiger charge is -2.05. The minimum atomic E-state index is 0.519. The first-order valence-electron chi connectivity index (χ1n) is 6.32. The molecule has 0 fully saturated rings. The molecule has 5 heteroatoms. The Kier molecular flexibility index (Phi) is 5.20. The van der Waals surface area contributed by atoms with Gasteiger partial charge >= 0.3 is 0 Å². The van der Waals surface area contributed by atoms with Gasteiger partial charge < -0.3 is 4.57 Å². The normalized spacial score (nSPS) is 11.0. The third-order valence-electron chi connectivity index (χ3n) is 2.89. The van der Waals surface area contributed by atoms with Crippen LogP contribution in [0.15, 0.2) is 17.8 Å². The fourth-order valence-corrected chi connectivity index (χ4v) is 3.01. The van der Waals surface area contributed by atoms with Gasteiger partial charge in [-0.15, -0.1) is 22.9 Å². The topological polar surface area (TPSA) is 30.7 Å². The molecule has 0 unspecified atom stereocenters. The van der Waals surface area contributed by atoms with Crippen molar-refractivity contribution in [3.8, 4) is 0 Å². The molecule has 0 N–H and O–H groups in total. The Balaban J connectivity index is 1.73. The van der Waals surface area contributed by atoms with E-state index in [1.807, 2.05) is 11.6 Å². The van der Waals surface area contributed by atoms with Crippen molar-refractivity contribution in [2.24, 2.45) is 0 Å². The molecule has 0 aliphatic rings. The molecule has 2 rings (SSSR count). The molecule has 0 aromatic carbocycles. The molecule has 0 amide bonds. The summed E-state index contributed by atoms with van der Waals surface area (Å²) >= 11 is 7.45. The Hall–Kier alpha value is -0.870. The number of imidazole rings is 1. The largest absolute Gasteiger partial charge is 0.335 e. The average Bonchev–Trinajstić information content (AvgIpc) is 3.03. The van der Waals surface area contributed by atoms with Crippen LogP contribution in [-0.4, -0.2) is 14.5 Å². The smallest absolute Gasteiger partial charge is 0.108 e. The Morgan fingerprint density at radius 3 is 3.00 bits per heavy atom. The molecule has 18 heavy (non-hydrogen) atoms. The van der Waals surface area contributed by atoms with E-state index in [2.05, 4.69) is 27.7 Å². The number of hydrogen-bond acceptors (Lipinski definition) is 3. The second kappa shape index (κ2) is 6.90. The zero-order chi connectivity index (χ0) is 12.8. The van der Waals surface area contributed by atoms with Crippen LogP contribution in [0.3, 0.4) is 0 Å². The van der Waals surface area contributed by atoms with E-state index in [0.717, 1.165) is 31.5 Å². The Labute approximate surface area is 117 Å². The maximum atomic E-state index is 5.74. The molecule has 2 aromatic heterocycles. The second-order valence-electron chi connectivity index (χ2n) is 4.21. The summed E-state index contributed by atoms with van der Waals surface area (Å²) in [5.41, 5.74) is 1.000. The van der Waals surface area contributed by atoms with Crippen LogP contribution in [0.5, 0.6) is 0 Å². The van der Waals surface area contributed by atoms with Crippen molar-refractivity contribution in [3.05, 3.63) is 34.3 Å². The molecule has 0 bridgehead atoms. The van der Waals surface area contributed by atoms with Gasteiger partial charge in [0.1, 0.15) is 5.82 Å². The maximum absolute atomic E-state index is 5.74. The average molecular weight is 284 g/mol. The number of unbranched alkanes of at least 4 members (excludes halogenated alkanes) is 1. The van der Waals surface area contributed by atoms with E-state index in [0.29, 0.717) is 5.88 Å². The first kappa shape index (κ1) is 13.6. The van der Waals surface area contributed by atoms with E-state index < -0.39 is 0 Å². The first-order valence-corrected chi connectivity index (χ1v) is 7.74. The van der Waals surface area contributed by atoms with Crippen molar-refractivity contribution in [2.75, 3.05) is 0 Å². The quantitative estimate of drug-likeness (QED) is 0.573. The summed E-state index contributed by atoms with van der Waals surface area (Å²) in [5.74, 6) is 1.69. The zero-order valence-electron chi connectivity index (χ0n) is 10.6. The summed E-state index contributed by atoms with van der Waals surface area (Å²) in [6, 6.07) is 0. The van der Waals surface area contributed by atoms with Gasteiger partial charge in [0.2, 0.25) is 0 Å². The molecular formula is C13H18ClN3S. The van der Waals surface area contributed by atoms with Gasteiger partial charge in [-0.1, -0.05) is 6.92 Å². The van der Waals surface area contributed by atoms with E-state index in [4.69, 9.17) is 11.6 Å². The minimum absolute atomic E-state index is 0.519. The lowest BCUT2D eigenvalue weighted by molar-refractivity contribution is 0.587. The van der Waals surface area contributed by atoms with Crippen LogP contribution in [0, 0.1) is 0 Å². The molecule has 3 nitrogen and oxygen atoms in total. The van der Waals surface area contributed by atoms with E-state index in [1.165, 1.54) is 17.3 Å². The number of aromatic nitrogens is 3. The van der Waals surface area contributed by atoms with Gasteiger partial charge in [-0.05, 0) is 19.3 Å². The van der Waals surface area contributed by atoms with Crippen molar-refractivity contribution in [3.63, 3.8) is 0 Å². The fraction of sp³-hybridized carbons (Fsp3) is 0.538. The predicted octanol–water partition coefficient (Wildman–Crippen LogP) is 3.66. The van der Waals surface area contributed by atoms with Crippen LogP contribution in [0.2, 0.25) is 0 Å². The van der Waals surface area contributed by atoms with Gasteiger partial charge in [-0.2, -0.15) is 0 Å². The molecule has 0 saturated carbocycles. The molecule has 98 valence electrons. The van der Waals surface area contributed by atoms with Gasteiger partial charge in [-0.25, -0.2) is 9.97 Å². The SMILES string of the molecule is CCc1nccn1CCCCc1nc(CCl)cs1. The monoisotopic (exact) mass is 283 g/mol. The molecule has 0 saturated heterocycles. The van der Waals surface area contributed by atoms with Crippen molar-refractivity contribution in [2.45, 2.75) is 45.0 Å². The number of alkyl halides is 1. The highest BCUT2D eigenvalue weighted by atomic mass is 35.5. The van der Waals surface area contributed by atoms with Gasteiger partial charge in [0.15, 0.2) is 0 Å². The van der Waals surface area contributed by atoms with Crippen LogP contribution in [0.25, 0.3) is 0 Å². The standard InChI is InChI=1S/C13H18ClN3S/c1-2-12-15-6-8-17(12)7-4-3-5-13-16-11(9-14)10-18-13/h6,8,10H,2-5,7,9H2,1H3. The molecule has 0 atom stereocenters. The van der Waals surface area contributed by atoms with Crippen molar-refractivity contribution >= 4 is 22.9 Å². The lowest BCUT2D eigenvalue weighted by atomic mass is 10.2. The lowest BCUT2D eigenvalue weighted by Crippen LogP contribution is -2.02. The third kappa shape index (κ3) is 3.56. The number of rotatable bonds is 7. The van der Waals surface area contributed by atoms with E-state index in [1.54, 1.807) is 11.3 Å². The molecule has 0 radical (unpaired) electrons. The van der Waals surface area contributed by atoms with Gasteiger partial charge in [0, 0.05) is 30.7 Å². The number of hydrogen-bond donors (Lipinski definition) is 0. The highest BCUT2D eigenvalue weighted by Gasteiger charge is 2.02. The summed E-state index contributed by atoms with van der Waals surface area (Å²) in [6.07, 6.45) is 8.33.